The first-order valence-electron chi connectivity index (χ1n) is 5.81. The second-order valence-electron chi connectivity index (χ2n) is 4.01. The number of hydrogen-bond donors (Lipinski definition) is 2. The Bertz CT molecular complexity index is 334. The second-order valence-corrected chi connectivity index (χ2v) is 4.01. The maximum Gasteiger partial charge on any atom is 0.251 e. The summed E-state index contributed by atoms with van der Waals surface area (Å²) in [5.74, 6) is 0.546. The fraction of sp³-hybridized carbons (Fsp3) is 0.462. The van der Waals surface area contributed by atoms with E-state index in [0.29, 0.717) is 17.2 Å². The Kier molecular flexibility index (Phi) is 7.39. The molecule has 0 saturated heterocycles. The summed E-state index contributed by atoms with van der Waals surface area (Å²) in [5.41, 5.74) is 6.90. The van der Waals surface area contributed by atoms with Gasteiger partial charge in [0.15, 0.2) is 0 Å². The smallest absolute Gasteiger partial charge is 0.251 e. The second kappa shape index (κ2) is 7.96. The van der Waals surface area contributed by atoms with Gasteiger partial charge in [-0.15, -0.1) is 12.4 Å². The van der Waals surface area contributed by atoms with Gasteiger partial charge in [0.2, 0.25) is 0 Å². The number of hydrogen-bond acceptors (Lipinski definition) is 2. The van der Waals surface area contributed by atoms with E-state index in [1.807, 2.05) is 0 Å². The summed E-state index contributed by atoms with van der Waals surface area (Å²) in [6, 6.07) is 6.98. The molecule has 3 nitrogen and oxygen atoms in total. The third-order valence-electron chi connectivity index (χ3n) is 2.88. The molecule has 17 heavy (non-hydrogen) atoms. The molecule has 0 heterocycles. The van der Waals surface area contributed by atoms with E-state index in [1.54, 1.807) is 24.3 Å². The Morgan fingerprint density at radius 3 is 2.24 bits per heavy atom. The van der Waals surface area contributed by atoms with Crippen LogP contribution in [-0.2, 0) is 0 Å². The molecule has 0 spiro atoms. The topological polar surface area (TPSA) is 55.1 Å². The largest absolute Gasteiger partial charge is 0.399 e. The molecule has 3 N–H and O–H groups in total. The van der Waals surface area contributed by atoms with E-state index in [-0.39, 0.29) is 18.3 Å². The van der Waals surface area contributed by atoms with Crippen LogP contribution >= 0.6 is 12.4 Å². The molecular formula is C13H21ClN2O. The number of amides is 1. The predicted octanol–water partition coefficient (Wildman–Crippen LogP) is 2.86. The van der Waals surface area contributed by atoms with Crippen LogP contribution in [0.1, 0.15) is 37.0 Å². The number of anilines is 1. The maximum absolute atomic E-state index is 11.7. The van der Waals surface area contributed by atoms with Gasteiger partial charge in [-0.25, -0.2) is 0 Å². The number of nitrogens with one attached hydrogen (secondary N) is 1. The van der Waals surface area contributed by atoms with E-state index in [1.165, 1.54) is 0 Å². The van der Waals surface area contributed by atoms with Gasteiger partial charge in [-0.1, -0.05) is 26.7 Å². The minimum atomic E-state index is -0.0214. The number of halogens is 1. The standard InChI is InChI=1S/C13H20N2O.ClH/c1-3-10(4-2)9-15-13(16)11-5-7-12(14)8-6-11;/h5-8,10H,3-4,9,14H2,1-2H3,(H,15,16);1H. The molecule has 0 aliphatic heterocycles. The predicted molar refractivity (Wildman–Crippen MR) is 74.5 cm³/mol. The van der Waals surface area contributed by atoms with E-state index < -0.39 is 0 Å². The number of rotatable bonds is 5. The van der Waals surface area contributed by atoms with E-state index in [0.717, 1.165) is 19.4 Å². The first-order chi connectivity index (χ1) is 7.67. The molecule has 0 saturated carbocycles. The van der Waals surface area contributed by atoms with E-state index in [2.05, 4.69) is 19.2 Å². The Balaban J connectivity index is 0.00000256. The van der Waals surface area contributed by atoms with Gasteiger partial charge in [0.1, 0.15) is 0 Å². The SMILES string of the molecule is CCC(CC)CNC(=O)c1ccc(N)cc1.Cl. The Morgan fingerprint density at radius 1 is 1.24 bits per heavy atom. The molecule has 96 valence electrons. The van der Waals surface area contributed by atoms with Gasteiger partial charge >= 0.3 is 0 Å². The number of carbonyl (C=O) groups excluding carboxylic acids is 1. The minimum absolute atomic E-state index is 0. The van der Waals surface area contributed by atoms with Gasteiger partial charge in [0.25, 0.3) is 5.91 Å². The van der Waals surface area contributed by atoms with Crippen LogP contribution in [0.2, 0.25) is 0 Å². The van der Waals surface area contributed by atoms with Crippen LogP contribution in [0, 0.1) is 5.92 Å². The van der Waals surface area contributed by atoms with Gasteiger partial charge in [-0.3, -0.25) is 4.79 Å². The zero-order chi connectivity index (χ0) is 12.0. The van der Waals surface area contributed by atoms with Gasteiger partial charge in [-0.05, 0) is 30.2 Å². The summed E-state index contributed by atoms with van der Waals surface area (Å²) in [7, 11) is 0. The number of carbonyl (C=O) groups is 1. The molecule has 0 aliphatic rings. The lowest BCUT2D eigenvalue weighted by Crippen LogP contribution is -2.28. The molecule has 0 aliphatic carbocycles. The number of nitrogen functional groups attached to an aromatic ring is 1. The molecule has 1 amide bonds. The summed E-state index contributed by atoms with van der Waals surface area (Å²) in [5, 5.41) is 2.94. The monoisotopic (exact) mass is 256 g/mol. The first-order valence-corrected chi connectivity index (χ1v) is 5.81. The van der Waals surface area contributed by atoms with Crippen LogP contribution in [0.5, 0.6) is 0 Å². The van der Waals surface area contributed by atoms with E-state index >= 15 is 0 Å². The minimum Gasteiger partial charge on any atom is -0.399 e. The zero-order valence-corrected chi connectivity index (χ0v) is 11.2. The summed E-state index contributed by atoms with van der Waals surface area (Å²) in [6.45, 7) is 5.03. The highest BCUT2D eigenvalue weighted by Gasteiger charge is 2.08. The zero-order valence-electron chi connectivity index (χ0n) is 10.4. The molecule has 0 radical (unpaired) electrons. The highest BCUT2D eigenvalue weighted by Crippen LogP contribution is 2.07. The Morgan fingerprint density at radius 2 is 1.76 bits per heavy atom. The molecule has 1 rings (SSSR count). The van der Waals surface area contributed by atoms with Crippen molar-refractivity contribution in [3.05, 3.63) is 29.8 Å². The molecule has 4 heteroatoms. The molecule has 0 bridgehead atoms. The summed E-state index contributed by atoms with van der Waals surface area (Å²) >= 11 is 0. The molecular weight excluding hydrogens is 236 g/mol. The summed E-state index contributed by atoms with van der Waals surface area (Å²) in [4.78, 5) is 11.7. The number of benzene rings is 1. The van der Waals surface area contributed by atoms with Crippen LogP contribution in [0.15, 0.2) is 24.3 Å². The van der Waals surface area contributed by atoms with Gasteiger partial charge < -0.3 is 11.1 Å². The maximum atomic E-state index is 11.7. The normalized spacial score (nSPS) is 9.82. The van der Waals surface area contributed by atoms with Crippen LogP contribution in [0.4, 0.5) is 5.69 Å². The fourth-order valence-corrected chi connectivity index (χ4v) is 1.55. The van der Waals surface area contributed by atoms with Gasteiger partial charge in [0, 0.05) is 17.8 Å². The fourth-order valence-electron chi connectivity index (χ4n) is 1.55. The quantitative estimate of drug-likeness (QED) is 0.796. The molecule has 1 aromatic rings. The Hall–Kier alpha value is -1.22. The van der Waals surface area contributed by atoms with Crippen molar-refractivity contribution >= 4 is 24.0 Å². The number of nitrogens with two attached hydrogens (primary N) is 1. The third kappa shape index (κ3) is 5.09. The first kappa shape index (κ1) is 15.8. The molecule has 0 unspecified atom stereocenters. The molecule has 0 aromatic heterocycles. The molecule has 0 atom stereocenters. The average molecular weight is 257 g/mol. The molecule has 1 aromatic carbocycles. The van der Waals surface area contributed by atoms with E-state index in [9.17, 15) is 4.79 Å². The molecule has 0 fully saturated rings. The lowest BCUT2D eigenvalue weighted by Gasteiger charge is -2.13. The van der Waals surface area contributed by atoms with Crippen molar-refractivity contribution in [3.8, 4) is 0 Å². The van der Waals surface area contributed by atoms with Crippen molar-refractivity contribution in [1.29, 1.82) is 0 Å². The van der Waals surface area contributed by atoms with Crippen molar-refractivity contribution in [2.45, 2.75) is 26.7 Å². The Labute approximate surface area is 109 Å². The average Bonchev–Trinajstić information content (AvgIpc) is 2.31. The highest BCUT2D eigenvalue weighted by molar-refractivity contribution is 5.94. The van der Waals surface area contributed by atoms with Gasteiger partial charge in [0.05, 0.1) is 0 Å². The van der Waals surface area contributed by atoms with Crippen molar-refractivity contribution in [2.75, 3.05) is 12.3 Å². The van der Waals surface area contributed by atoms with Crippen LogP contribution in [0.3, 0.4) is 0 Å². The highest BCUT2D eigenvalue weighted by atomic mass is 35.5. The van der Waals surface area contributed by atoms with Crippen molar-refractivity contribution < 1.29 is 4.79 Å². The lowest BCUT2D eigenvalue weighted by atomic mass is 10.0. The summed E-state index contributed by atoms with van der Waals surface area (Å²) < 4.78 is 0. The van der Waals surface area contributed by atoms with Gasteiger partial charge in [-0.2, -0.15) is 0 Å². The van der Waals surface area contributed by atoms with Crippen LogP contribution < -0.4 is 11.1 Å². The summed E-state index contributed by atoms with van der Waals surface area (Å²) in [6.07, 6.45) is 2.19. The van der Waals surface area contributed by atoms with E-state index in [4.69, 9.17) is 5.73 Å². The van der Waals surface area contributed by atoms with Crippen LogP contribution in [0.25, 0.3) is 0 Å². The third-order valence-corrected chi connectivity index (χ3v) is 2.88. The van der Waals surface area contributed by atoms with Crippen molar-refractivity contribution in [1.82, 2.24) is 5.32 Å². The van der Waals surface area contributed by atoms with Crippen LogP contribution in [-0.4, -0.2) is 12.5 Å². The van der Waals surface area contributed by atoms with Crippen molar-refractivity contribution in [2.24, 2.45) is 5.92 Å². The lowest BCUT2D eigenvalue weighted by molar-refractivity contribution is 0.0946. The van der Waals surface area contributed by atoms with Crippen molar-refractivity contribution in [3.63, 3.8) is 0 Å².